The molecule has 1 aromatic heterocycles. The highest BCUT2D eigenvalue weighted by molar-refractivity contribution is 6.31. The van der Waals surface area contributed by atoms with Crippen LogP contribution in [0.4, 0.5) is 0 Å². The topological polar surface area (TPSA) is 71.3 Å². The average Bonchev–Trinajstić information content (AvgIpc) is 3.15. The molecule has 0 aliphatic heterocycles. The van der Waals surface area contributed by atoms with E-state index in [1.54, 1.807) is 48.5 Å². The van der Waals surface area contributed by atoms with E-state index in [4.69, 9.17) is 27.6 Å². The molecule has 2 aromatic carbocycles. The minimum atomic E-state index is -0.487. The first-order valence-electron chi connectivity index (χ1n) is 9.58. The predicted molar refractivity (Wildman–Crippen MR) is 124 cm³/mol. The molecule has 5 nitrogen and oxygen atoms in total. The first kappa shape index (κ1) is 22.7. The Kier molecular flexibility index (Phi) is 6.88. The van der Waals surface area contributed by atoms with E-state index in [0.29, 0.717) is 27.1 Å². The highest BCUT2D eigenvalue weighted by Gasteiger charge is 2.20. The molecule has 160 valence electrons. The maximum Gasteiger partial charge on any atom is 0.268 e. The van der Waals surface area contributed by atoms with Gasteiger partial charge in [0.25, 0.3) is 11.8 Å². The Labute approximate surface area is 191 Å². The summed E-state index contributed by atoms with van der Waals surface area (Å²) in [6.45, 7) is 5.57. The van der Waals surface area contributed by atoms with E-state index in [0.717, 1.165) is 5.56 Å². The minimum absolute atomic E-state index is 0.0619. The van der Waals surface area contributed by atoms with Crippen LogP contribution in [0.25, 0.3) is 17.4 Å². The molecule has 0 aliphatic rings. The molecule has 2 N–H and O–H groups in total. The van der Waals surface area contributed by atoms with Crippen molar-refractivity contribution in [3.05, 3.63) is 87.7 Å². The second kappa shape index (κ2) is 9.41. The zero-order valence-corrected chi connectivity index (χ0v) is 18.8. The van der Waals surface area contributed by atoms with Gasteiger partial charge in [-0.2, -0.15) is 0 Å². The van der Waals surface area contributed by atoms with Gasteiger partial charge in [-0.05, 0) is 81.4 Å². The smallest absolute Gasteiger partial charge is 0.268 e. The lowest BCUT2D eigenvalue weighted by atomic mass is 10.1. The van der Waals surface area contributed by atoms with E-state index in [1.165, 1.54) is 6.08 Å². The van der Waals surface area contributed by atoms with Crippen LogP contribution in [-0.2, 0) is 4.79 Å². The summed E-state index contributed by atoms with van der Waals surface area (Å²) in [4.78, 5) is 25.5. The van der Waals surface area contributed by atoms with Crippen molar-refractivity contribution in [2.75, 3.05) is 0 Å². The van der Waals surface area contributed by atoms with Crippen molar-refractivity contribution in [2.45, 2.75) is 26.3 Å². The van der Waals surface area contributed by atoms with Crippen LogP contribution in [0, 0.1) is 0 Å². The molecular weight excluding hydrogens is 435 g/mol. The van der Waals surface area contributed by atoms with E-state index < -0.39 is 17.4 Å². The number of carbonyl (C=O) groups is 2. The van der Waals surface area contributed by atoms with Crippen molar-refractivity contribution in [2.24, 2.45) is 0 Å². The Balaban J connectivity index is 1.89. The summed E-state index contributed by atoms with van der Waals surface area (Å²) >= 11 is 11.8. The third kappa shape index (κ3) is 6.48. The van der Waals surface area contributed by atoms with Gasteiger partial charge in [-0.25, -0.2) is 0 Å². The van der Waals surface area contributed by atoms with Gasteiger partial charge in [0.2, 0.25) is 0 Å². The highest BCUT2D eigenvalue weighted by atomic mass is 35.5. The van der Waals surface area contributed by atoms with Crippen molar-refractivity contribution >= 4 is 41.1 Å². The largest absolute Gasteiger partial charge is 0.457 e. The second-order valence-corrected chi connectivity index (χ2v) is 8.80. The lowest BCUT2D eigenvalue weighted by Gasteiger charge is -2.21. The average molecular weight is 457 g/mol. The monoisotopic (exact) mass is 456 g/mol. The minimum Gasteiger partial charge on any atom is -0.457 e. The van der Waals surface area contributed by atoms with Crippen molar-refractivity contribution in [3.63, 3.8) is 0 Å². The van der Waals surface area contributed by atoms with Crippen LogP contribution >= 0.6 is 23.2 Å². The van der Waals surface area contributed by atoms with Gasteiger partial charge in [-0.3, -0.25) is 9.59 Å². The predicted octanol–water partition coefficient (Wildman–Crippen LogP) is 5.94. The van der Waals surface area contributed by atoms with E-state index in [1.807, 2.05) is 32.9 Å². The summed E-state index contributed by atoms with van der Waals surface area (Å²) < 4.78 is 5.86. The molecule has 0 atom stereocenters. The van der Waals surface area contributed by atoms with E-state index in [9.17, 15) is 9.59 Å². The fraction of sp³-hybridized carbons (Fsp3) is 0.167. The number of nitrogens with one attached hydrogen (secondary N) is 2. The summed E-state index contributed by atoms with van der Waals surface area (Å²) in [5, 5.41) is 6.66. The molecule has 0 saturated carbocycles. The van der Waals surface area contributed by atoms with Crippen LogP contribution < -0.4 is 10.6 Å². The van der Waals surface area contributed by atoms with Crippen molar-refractivity contribution in [1.82, 2.24) is 10.6 Å². The quantitative estimate of drug-likeness (QED) is 0.466. The molecule has 7 heteroatoms. The number of halogens is 2. The summed E-state index contributed by atoms with van der Waals surface area (Å²) in [5.41, 5.74) is 0.792. The van der Waals surface area contributed by atoms with Gasteiger partial charge in [0.1, 0.15) is 17.2 Å². The molecule has 0 unspecified atom stereocenters. The maximum atomic E-state index is 12.8. The van der Waals surface area contributed by atoms with E-state index in [-0.39, 0.29) is 5.70 Å². The number of hydrogen-bond donors (Lipinski definition) is 2. The van der Waals surface area contributed by atoms with Crippen LogP contribution in [-0.4, -0.2) is 17.4 Å². The van der Waals surface area contributed by atoms with Gasteiger partial charge < -0.3 is 15.1 Å². The van der Waals surface area contributed by atoms with Crippen molar-refractivity contribution in [3.8, 4) is 11.3 Å². The molecule has 31 heavy (non-hydrogen) atoms. The summed E-state index contributed by atoms with van der Waals surface area (Å²) in [7, 11) is 0. The molecule has 0 fully saturated rings. The Morgan fingerprint density at radius 1 is 0.871 bits per heavy atom. The van der Waals surface area contributed by atoms with Crippen LogP contribution in [0.1, 0.15) is 36.9 Å². The number of hydrogen-bond acceptors (Lipinski definition) is 3. The van der Waals surface area contributed by atoms with Gasteiger partial charge in [0.05, 0.1) is 0 Å². The molecule has 0 radical (unpaired) electrons. The first-order chi connectivity index (χ1) is 14.6. The molecule has 0 saturated heterocycles. The van der Waals surface area contributed by atoms with Gasteiger partial charge >= 0.3 is 0 Å². The van der Waals surface area contributed by atoms with Gasteiger partial charge in [-0.1, -0.05) is 23.2 Å². The fourth-order valence-corrected chi connectivity index (χ4v) is 2.96. The number of carbonyl (C=O) groups excluding carboxylic acids is 2. The van der Waals surface area contributed by atoms with Crippen LogP contribution in [0.3, 0.4) is 0 Å². The standard InChI is InChI=1S/C24H22Cl2N2O3/c1-24(2,3)28-23(30)20(27-22(29)16-6-10-18(26)11-7-16)14-19-12-13-21(31-19)15-4-8-17(25)9-5-15/h4-14H,1-3H3,(H,27,29)(H,28,30). The first-order valence-corrected chi connectivity index (χ1v) is 10.3. The lowest BCUT2D eigenvalue weighted by molar-refractivity contribution is -0.119. The van der Waals surface area contributed by atoms with E-state index >= 15 is 0 Å². The van der Waals surface area contributed by atoms with Gasteiger partial charge in [0.15, 0.2) is 0 Å². The molecule has 0 spiro atoms. The second-order valence-electron chi connectivity index (χ2n) is 7.93. The van der Waals surface area contributed by atoms with Gasteiger partial charge in [-0.15, -0.1) is 0 Å². The Bertz CT molecular complexity index is 1110. The maximum absolute atomic E-state index is 12.8. The van der Waals surface area contributed by atoms with Crippen LogP contribution in [0.15, 0.2) is 70.8 Å². The number of amides is 2. The van der Waals surface area contributed by atoms with Crippen LogP contribution in [0.5, 0.6) is 0 Å². The highest BCUT2D eigenvalue weighted by Crippen LogP contribution is 2.25. The third-order valence-electron chi connectivity index (χ3n) is 4.13. The zero-order chi connectivity index (χ0) is 22.6. The summed E-state index contributed by atoms with van der Waals surface area (Å²) in [5.74, 6) is 0.165. The normalized spacial score (nSPS) is 11.8. The molecular formula is C24H22Cl2N2O3. The van der Waals surface area contributed by atoms with Crippen LogP contribution in [0.2, 0.25) is 10.0 Å². The number of benzene rings is 2. The van der Waals surface area contributed by atoms with E-state index in [2.05, 4.69) is 10.6 Å². The SMILES string of the molecule is CC(C)(C)NC(=O)C(=Cc1ccc(-c2ccc(Cl)cc2)o1)NC(=O)c1ccc(Cl)cc1. The molecule has 1 heterocycles. The molecule has 2 amide bonds. The van der Waals surface area contributed by atoms with Crippen molar-refractivity contribution in [1.29, 1.82) is 0 Å². The molecule has 3 aromatic rings. The van der Waals surface area contributed by atoms with Gasteiger partial charge in [0, 0.05) is 32.8 Å². The zero-order valence-electron chi connectivity index (χ0n) is 17.3. The summed E-state index contributed by atoms with van der Waals surface area (Å²) in [6, 6.07) is 17.1. The molecule has 0 aliphatic carbocycles. The van der Waals surface area contributed by atoms with Crippen molar-refractivity contribution < 1.29 is 14.0 Å². The Hall–Kier alpha value is -3.02. The number of rotatable bonds is 5. The number of furan rings is 1. The fourth-order valence-electron chi connectivity index (χ4n) is 2.70. The molecule has 3 rings (SSSR count). The Morgan fingerprint density at radius 3 is 2.03 bits per heavy atom. The lowest BCUT2D eigenvalue weighted by Crippen LogP contribution is -2.44. The molecule has 0 bridgehead atoms. The third-order valence-corrected chi connectivity index (χ3v) is 4.63. The summed E-state index contributed by atoms with van der Waals surface area (Å²) in [6.07, 6.45) is 1.49. The Morgan fingerprint density at radius 2 is 1.45 bits per heavy atom.